The van der Waals surface area contributed by atoms with E-state index in [2.05, 4.69) is 5.32 Å². The predicted molar refractivity (Wildman–Crippen MR) is 65.3 cm³/mol. The summed E-state index contributed by atoms with van der Waals surface area (Å²) in [5, 5.41) is 3.39. The molecular formula is C12H12FN3O2. The predicted octanol–water partition coefficient (Wildman–Crippen LogP) is -0.0164. The van der Waals surface area contributed by atoms with Crippen LogP contribution in [0.25, 0.3) is 10.9 Å². The number of nitrogens with zero attached hydrogens (tertiary/aromatic N) is 2. The summed E-state index contributed by atoms with van der Waals surface area (Å²) >= 11 is 0. The maximum absolute atomic E-state index is 13.2. The normalized spacial score (nSPS) is 15.9. The van der Waals surface area contributed by atoms with E-state index < -0.39 is 11.5 Å². The third-order valence-electron chi connectivity index (χ3n) is 3.39. The smallest absolute Gasteiger partial charge is 0.312 e. The Balaban J connectivity index is 2.43. The highest BCUT2D eigenvalue weighted by atomic mass is 19.1. The molecule has 1 saturated heterocycles. The molecule has 2 heterocycles. The molecule has 0 aliphatic carbocycles. The van der Waals surface area contributed by atoms with Crippen LogP contribution in [0.1, 0.15) is 6.04 Å². The minimum atomic E-state index is -0.458. The average Bonchev–Trinajstić information content (AvgIpc) is 2.29. The van der Waals surface area contributed by atoms with Crippen LogP contribution < -0.4 is 16.6 Å². The van der Waals surface area contributed by atoms with Crippen LogP contribution in [0.2, 0.25) is 0 Å². The van der Waals surface area contributed by atoms with Gasteiger partial charge in [0.25, 0.3) is 5.56 Å². The van der Waals surface area contributed by atoms with Gasteiger partial charge in [0.15, 0.2) is 0 Å². The highest BCUT2D eigenvalue weighted by molar-refractivity contribution is 5.77. The lowest BCUT2D eigenvalue weighted by molar-refractivity contribution is 0.323. The summed E-state index contributed by atoms with van der Waals surface area (Å²) in [6.45, 7) is 1.23. The maximum Gasteiger partial charge on any atom is 0.331 e. The summed E-state index contributed by atoms with van der Waals surface area (Å²) in [4.78, 5) is 24.4. The first-order valence-electron chi connectivity index (χ1n) is 5.71. The van der Waals surface area contributed by atoms with Crippen LogP contribution in [0.4, 0.5) is 4.39 Å². The monoisotopic (exact) mass is 249 g/mol. The average molecular weight is 249 g/mol. The molecule has 0 bridgehead atoms. The van der Waals surface area contributed by atoms with Crippen molar-refractivity contribution in [1.82, 2.24) is 14.5 Å². The zero-order valence-corrected chi connectivity index (χ0v) is 9.81. The van der Waals surface area contributed by atoms with Crippen molar-refractivity contribution in [2.45, 2.75) is 6.04 Å². The van der Waals surface area contributed by atoms with Gasteiger partial charge in [-0.2, -0.15) is 0 Å². The molecule has 5 nitrogen and oxygen atoms in total. The molecular weight excluding hydrogens is 237 g/mol. The topological polar surface area (TPSA) is 56.0 Å². The molecule has 2 aromatic rings. The Labute approximate surface area is 101 Å². The second kappa shape index (κ2) is 3.78. The Kier molecular flexibility index (Phi) is 2.34. The fourth-order valence-corrected chi connectivity index (χ4v) is 2.22. The van der Waals surface area contributed by atoms with Crippen LogP contribution in [0.3, 0.4) is 0 Å². The number of nitrogens with one attached hydrogen (secondary N) is 1. The van der Waals surface area contributed by atoms with Crippen molar-refractivity contribution in [1.29, 1.82) is 0 Å². The first-order valence-corrected chi connectivity index (χ1v) is 5.71. The van der Waals surface area contributed by atoms with Gasteiger partial charge in [-0.05, 0) is 18.2 Å². The van der Waals surface area contributed by atoms with Crippen LogP contribution >= 0.6 is 0 Å². The molecule has 0 spiro atoms. The van der Waals surface area contributed by atoms with Crippen LogP contribution in [-0.4, -0.2) is 22.2 Å². The highest BCUT2D eigenvalue weighted by Crippen LogP contribution is 2.12. The fraction of sp³-hybridized carbons (Fsp3) is 0.333. The number of hydrogen-bond donors (Lipinski definition) is 1. The van der Waals surface area contributed by atoms with E-state index in [4.69, 9.17) is 0 Å². The molecule has 0 radical (unpaired) electrons. The fourth-order valence-electron chi connectivity index (χ4n) is 2.22. The maximum atomic E-state index is 13.2. The molecule has 1 aliphatic heterocycles. The Morgan fingerprint density at radius 1 is 1.33 bits per heavy atom. The first kappa shape index (κ1) is 11.2. The van der Waals surface area contributed by atoms with E-state index >= 15 is 0 Å². The van der Waals surface area contributed by atoms with Crippen molar-refractivity contribution in [2.75, 3.05) is 13.1 Å². The number of halogens is 1. The van der Waals surface area contributed by atoms with Gasteiger partial charge in [0.1, 0.15) is 5.82 Å². The van der Waals surface area contributed by atoms with Gasteiger partial charge >= 0.3 is 5.69 Å². The van der Waals surface area contributed by atoms with Crippen LogP contribution in [-0.2, 0) is 7.05 Å². The van der Waals surface area contributed by atoms with Gasteiger partial charge < -0.3 is 5.32 Å². The molecule has 3 rings (SSSR count). The third-order valence-corrected chi connectivity index (χ3v) is 3.39. The molecule has 1 aromatic heterocycles. The summed E-state index contributed by atoms with van der Waals surface area (Å²) in [6, 6.07) is 3.76. The van der Waals surface area contributed by atoms with Crippen LogP contribution in [0.15, 0.2) is 27.8 Å². The van der Waals surface area contributed by atoms with E-state index in [9.17, 15) is 14.0 Å². The van der Waals surface area contributed by atoms with Crippen molar-refractivity contribution in [3.8, 4) is 0 Å². The number of rotatable bonds is 1. The largest absolute Gasteiger partial charge is 0.331 e. The summed E-state index contributed by atoms with van der Waals surface area (Å²) in [5.74, 6) is -0.458. The van der Waals surface area contributed by atoms with E-state index in [1.807, 2.05) is 0 Å². The SMILES string of the molecule is Cn1c(=O)n(C2CNC2)c(=O)c2ccc(F)cc21. The van der Waals surface area contributed by atoms with Gasteiger partial charge in [-0.15, -0.1) is 0 Å². The summed E-state index contributed by atoms with van der Waals surface area (Å²) < 4.78 is 15.7. The number of hydrogen-bond acceptors (Lipinski definition) is 3. The second-order valence-electron chi connectivity index (χ2n) is 4.49. The van der Waals surface area contributed by atoms with Crippen LogP contribution in [0.5, 0.6) is 0 Å². The standard InChI is InChI=1S/C12H12FN3O2/c1-15-10-4-7(13)2-3-9(10)11(17)16(12(15)18)8-5-14-6-8/h2-4,8,14H,5-6H2,1H3. The summed E-state index contributed by atoms with van der Waals surface area (Å²) in [5.41, 5.74) is -0.419. The Hall–Kier alpha value is -1.95. The molecule has 6 heteroatoms. The van der Waals surface area contributed by atoms with Crippen LogP contribution in [0, 0.1) is 5.82 Å². The number of aryl methyl sites for hydroxylation is 1. The van der Waals surface area contributed by atoms with E-state index in [0.29, 0.717) is 24.0 Å². The van der Waals surface area contributed by atoms with Crippen molar-refractivity contribution >= 4 is 10.9 Å². The van der Waals surface area contributed by atoms with Gasteiger partial charge in [-0.1, -0.05) is 0 Å². The van der Waals surface area contributed by atoms with E-state index in [-0.39, 0.29) is 11.6 Å². The van der Waals surface area contributed by atoms with E-state index in [0.717, 1.165) is 0 Å². The first-order chi connectivity index (χ1) is 8.59. The second-order valence-corrected chi connectivity index (χ2v) is 4.49. The quantitative estimate of drug-likeness (QED) is 0.773. The zero-order chi connectivity index (χ0) is 12.9. The number of fused-ring (bicyclic) bond motifs is 1. The summed E-state index contributed by atoms with van der Waals surface area (Å²) in [6.07, 6.45) is 0. The van der Waals surface area contributed by atoms with Crippen molar-refractivity contribution in [3.05, 3.63) is 44.9 Å². The van der Waals surface area contributed by atoms with Crippen molar-refractivity contribution in [3.63, 3.8) is 0 Å². The lowest BCUT2D eigenvalue weighted by Crippen LogP contribution is -2.53. The lowest BCUT2D eigenvalue weighted by atomic mass is 10.1. The minimum absolute atomic E-state index is 0.106. The van der Waals surface area contributed by atoms with E-state index in [1.54, 1.807) is 7.05 Å². The van der Waals surface area contributed by atoms with Gasteiger partial charge in [0.05, 0.1) is 16.9 Å². The minimum Gasteiger partial charge on any atom is -0.312 e. The van der Waals surface area contributed by atoms with Gasteiger partial charge in [0.2, 0.25) is 0 Å². The lowest BCUT2D eigenvalue weighted by Gasteiger charge is -2.28. The Morgan fingerprint density at radius 3 is 2.67 bits per heavy atom. The molecule has 0 saturated carbocycles. The Morgan fingerprint density at radius 2 is 2.06 bits per heavy atom. The zero-order valence-electron chi connectivity index (χ0n) is 9.81. The third kappa shape index (κ3) is 1.42. The molecule has 1 N–H and O–H groups in total. The molecule has 1 aromatic carbocycles. The van der Waals surface area contributed by atoms with Crippen molar-refractivity contribution in [2.24, 2.45) is 7.05 Å². The number of aromatic nitrogens is 2. The molecule has 0 atom stereocenters. The number of benzene rings is 1. The molecule has 0 amide bonds. The Bertz CT molecular complexity index is 743. The van der Waals surface area contributed by atoms with Gasteiger partial charge in [0, 0.05) is 20.1 Å². The molecule has 18 heavy (non-hydrogen) atoms. The van der Waals surface area contributed by atoms with Gasteiger partial charge in [-0.3, -0.25) is 13.9 Å². The van der Waals surface area contributed by atoms with Crippen molar-refractivity contribution < 1.29 is 4.39 Å². The van der Waals surface area contributed by atoms with Gasteiger partial charge in [-0.25, -0.2) is 9.18 Å². The highest BCUT2D eigenvalue weighted by Gasteiger charge is 2.24. The molecule has 1 aliphatic rings. The molecule has 94 valence electrons. The summed E-state index contributed by atoms with van der Waals surface area (Å²) in [7, 11) is 1.55. The molecule has 1 fully saturated rings. The molecule has 0 unspecified atom stereocenters. The van der Waals surface area contributed by atoms with E-state index in [1.165, 1.54) is 27.3 Å².